The van der Waals surface area contributed by atoms with Gasteiger partial charge in [-0.15, -0.1) is 0 Å². The zero-order valence-corrected chi connectivity index (χ0v) is 84.0. The van der Waals surface area contributed by atoms with Gasteiger partial charge >= 0.3 is 0 Å². The summed E-state index contributed by atoms with van der Waals surface area (Å²) in [7, 11) is 7.91. The summed E-state index contributed by atoms with van der Waals surface area (Å²) in [6, 6.07) is 38.9. The average Bonchev–Trinajstić information content (AvgIpc) is 1.28. The van der Waals surface area contributed by atoms with Crippen molar-refractivity contribution in [3.05, 3.63) is 320 Å². The molecule has 1 atom stereocenters. The van der Waals surface area contributed by atoms with E-state index in [0.717, 1.165) is 6.92 Å². The lowest BCUT2D eigenvalue weighted by Gasteiger charge is -2.20. The zero-order valence-electron chi connectivity index (χ0n) is 119. The summed E-state index contributed by atoms with van der Waals surface area (Å²) in [6.45, 7) is 3.60. The van der Waals surface area contributed by atoms with E-state index in [1.54, 1.807) is 217 Å². The van der Waals surface area contributed by atoms with Crippen LogP contribution >= 0.6 is 0 Å². The van der Waals surface area contributed by atoms with Gasteiger partial charge in [-0.1, -0.05) is 98.5 Å². The molecule has 0 radical (unpaired) electrons. The van der Waals surface area contributed by atoms with Gasteiger partial charge < -0.3 is 22.1 Å². The molecular formula is C126H122F5N10O5+5. The largest absolute Gasteiger partial charge is 0.455 e. The first kappa shape index (κ1) is 66.8. The van der Waals surface area contributed by atoms with Gasteiger partial charge in [-0.25, -0.2) is 22.0 Å². The summed E-state index contributed by atoms with van der Waals surface area (Å²) >= 11 is 0. The lowest BCUT2D eigenvalue weighted by molar-refractivity contribution is -0.667. The Bertz CT molecular complexity index is 10800. The fourth-order valence-electron chi connectivity index (χ4n) is 18.4. The van der Waals surface area contributed by atoms with Crippen LogP contribution in [0.5, 0.6) is 0 Å². The molecule has 0 spiro atoms. The summed E-state index contributed by atoms with van der Waals surface area (Å²) in [5.74, 6) is -10.0. The van der Waals surface area contributed by atoms with Crippen molar-refractivity contribution in [2.24, 2.45) is 46.6 Å². The summed E-state index contributed by atoms with van der Waals surface area (Å²) in [5.41, 5.74) is 4.16. The molecule has 10 aromatic carbocycles. The van der Waals surface area contributed by atoms with Gasteiger partial charge in [0.05, 0.1) is 85.4 Å². The normalized spacial score (nSPS) is 16.5. The smallest absolute Gasteiger partial charge is 0.216 e. The van der Waals surface area contributed by atoms with Gasteiger partial charge in [0, 0.05) is 177 Å². The quantitative estimate of drug-likeness (QED) is 0.0935. The molecule has 10 aromatic heterocycles. The number of rotatable bonds is 10. The van der Waals surface area contributed by atoms with E-state index in [2.05, 4.69) is 0 Å². The molecule has 20 heteroatoms. The maximum absolute atomic E-state index is 15.3. The molecule has 0 amide bonds. The van der Waals surface area contributed by atoms with Gasteiger partial charge in [-0.3, -0.25) is 0 Å². The molecule has 0 aliphatic heterocycles. The van der Waals surface area contributed by atoms with Gasteiger partial charge in [0.2, 0.25) is 28.5 Å². The van der Waals surface area contributed by atoms with Crippen molar-refractivity contribution in [1.82, 2.24) is 0 Å². The van der Waals surface area contributed by atoms with Gasteiger partial charge in [0.15, 0.2) is 73.8 Å². The number of furan rings is 5. The molecule has 1 unspecified atom stereocenters. The van der Waals surface area contributed by atoms with Crippen molar-refractivity contribution in [3.63, 3.8) is 0 Å². The van der Waals surface area contributed by atoms with Crippen molar-refractivity contribution in [2.75, 3.05) is 0 Å². The first-order valence-corrected chi connectivity index (χ1v) is 46.1. The molecule has 0 saturated carbocycles. The Morgan fingerprint density at radius 3 is 0.993 bits per heavy atom. The van der Waals surface area contributed by atoms with E-state index in [0.29, 0.717) is 133 Å². The van der Waals surface area contributed by atoms with Crippen LogP contribution in [0.3, 0.4) is 0 Å². The first-order valence-electron chi connectivity index (χ1n) is 63.6. The van der Waals surface area contributed by atoms with E-state index in [1.807, 2.05) is 18.2 Å². The Labute approximate surface area is 898 Å². The van der Waals surface area contributed by atoms with Crippen LogP contribution in [-0.4, -0.2) is 0 Å². The van der Waals surface area contributed by atoms with Gasteiger partial charge in [0.25, 0.3) is 0 Å². The minimum atomic E-state index is -3.56. The summed E-state index contributed by atoms with van der Waals surface area (Å²) < 4.78 is 404. The lowest BCUT2D eigenvalue weighted by atomic mass is 9.85. The monoisotopic (exact) mass is 1990 g/mol. The number of aryl methyl sites for hydroxylation is 5. The molecule has 20 aromatic rings. The lowest BCUT2D eigenvalue weighted by Crippen LogP contribution is -2.36. The van der Waals surface area contributed by atoms with Crippen LogP contribution in [0.25, 0.3) is 166 Å². The fourth-order valence-corrected chi connectivity index (χ4v) is 18.4. The second-order valence-corrected chi connectivity index (χ2v) is 37.6. The molecular weight excluding hydrogens is 1830 g/mol. The standard InChI is InChI=1S/C27H28FN2O.C26H26FN2O.2C25H24FN2O.C23H20FN2O/c1-15-8-10-20-21-11-9-18(14-29)24(28)26(21)31-25(20)23(15)22-12-19(13-27(4,5)6)16(2)17(3)30(22)7;1-14(2)11-19-12-22(29(6)17(5)16(19)4)23-15(3)7-9-20-21-10-8-18(13-28)24(27)26(21)30-25(20)23;1-13(2)20-11-21(28(6)16(5)15(20)4)22-14(3)7-9-18-19-10-8-17(12-27)23(26)25(19)29-24(18)22;1-13(2)19-11-21(28(6)16(5)15(19)4)23-14(3)9-20(26)24-18-8-7-17(12-27)10-22(18)29-25(23)24;1-12-9-19(26(5)15(4)14(12)3)21-13(2)8-18(24)22-17-7-6-16(11-25)10-20(17)27-23(21)22/h8-12H,13H2,1-7H3;7-10,12,14H,11H2,1-6H3;2*7-11,13H,1-6H3;6-10H,1-5H3/q5*+1/i2D3,12D,13D2;4D3,11D2,12D;1D3,2D3,4D3,11D,13D;1D3,4D3,11D,13D;3D3,9D. The Morgan fingerprint density at radius 2 is 0.651 bits per heavy atom. The molecule has 0 N–H and O–H groups in total. The topological polar surface area (TPSA) is 204 Å². The Kier molecular flexibility index (Phi) is 18.1. The second kappa shape index (κ2) is 39.6. The number of hydrogen-bond donors (Lipinski definition) is 0. The molecule has 15 nitrogen and oxygen atoms in total. The van der Waals surface area contributed by atoms with Crippen LogP contribution in [0.1, 0.15) is 262 Å². The minimum Gasteiger partial charge on any atom is -0.455 e. The number of aromatic nitrogens is 5. The Hall–Kier alpha value is -16.0. The maximum atomic E-state index is 15.3. The maximum Gasteiger partial charge on any atom is 0.216 e. The number of hydrogen-bond acceptors (Lipinski definition) is 10. The Morgan fingerprint density at radius 1 is 0.342 bits per heavy atom. The van der Waals surface area contributed by atoms with E-state index in [4.69, 9.17) is 68.7 Å². The number of nitriles is 5. The highest BCUT2D eigenvalue weighted by Gasteiger charge is 2.35. The zero-order chi connectivity index (χ0) is 136. The summed E-state index contributed by atoms with van der Waals surface area (Å²) in [4.78, 5) is 0. The molecule has 0 aliphatic rings. The van der Waals surface area contributed by atoms with Crippen LogP contribution in [0.2, 0.25) is 0 Å². The molecule has 0 aliphatic carbocycles. The van der Waals surface area contributed by atoms with E-state index < -0.39 is 149 Å². The van der Waals surface area contributed by atoms with Crippen LogP contribution in [0.4, 0.5) is 22.0 Å². The SMILES string of the molecule is [2H]c1c(C([2H])(C([2H])([2H])[2H])C([2H])([2H])[2H])c(C([2H])([2H])[2H])c(C)[n+](C)c1-c1c(C)ccc2c1oc1c(F)c(C#N)ccc12.[2H]c1c(C([2H])(C)C([2H])([2H])[2H])c(C([2H])([2H])[2H])c(C)[n+](C)c1-c1c(C)cc(F)c2c1oc1cc(C#N)ccc12.[2H]c1c(C([2H])([2H])C(C)(C)C)c(C([2H])([2H])[2H])c(C)[n+](C)c1-c1c(C)ccc2c1oc1c(F)c(C#N)ccc12.[2H]c1c(C([2H])([2H])C(C)C)c(C([2H])([2H])[2H])c(C)[n+](C)c1-c1c(C)ccc2c1oc1c(F)c(C#N)ccc12.[2H]c1c(C)c(C([2H])([2H])[2H])c(C)[n+](C)c1-c1c(C)cc(F)c2c1oc1cc(C#N)ccc12. The summed E-state index contributed by atoms with van der Waals surface area (Å²) in [5, 5.41) is 50.3. The highest BCUT2D eigenvalue weighted by Crippen LogP contribution is 2.48. The van der Waals surface area contributed by atoms with Crippen molar-refractivity contribution in [1.29, 1.82) is 26.3 Å². The second-order valence-electron chi connectivity index (χ2n) is 37.6. The number of fused-ring (bicyclic) bond motifs is 15. The fraction of sp³-hybridized carbons (Fsp3) is 0.286. The number of pyridine rings is 5. The molecule has 20 rings (SSSR count). The predicted molar refractivity (Wildman–Crippen MR) is 571 cm³/mol. The van der Waals surface area contributed by atoms with Crippen LogP contribution in [0.15, 0.2) is 174 Å². The first-order chi connectivity index (χ1) is 83.2. The van der Waals surface area contributed by atoms with Crippen molar-refractivity contribution >= 4 is 110 Å². The van der Waals surface area contributed by atoms with Crippen molar-refractivity contribution < 1.29 is 115 Å². The van der Waals surface area contributed by atoms with Crippen LogP contribution in [-0.2, 0) is 48.0 Å². The van der Waals surface area contributed by atoms with Crippen LogP contribution in [0, 0.1) is 207 Å². The van der Waals surface area contributed by atoms with Crippen LogP contribution < -0.4 is 22.8 Å². The number of benzene rings is 10. The molecule has 0 bridgehead atoms. The minimum absolute atomic E-state index is 0.0494. The molecule has 10 heterocycles. The van der Waals surface area contributed by atoms with E-state index in [1.165, 1.54) is 85.6 Å². The van der Waals surface area contributed by atoms with E-state index in [9.17, 15) is 32.1 Å². The van der Waals surface area contributed by atoms with Crippen molar-refractivity contribution in [3.8, 4) is 86.6 Å². The highest BCUT2D eigenvalue weighted by atomic mass is 19.1. The molecule has 736 valence electrons. The Balaban J connectivity index is 0.000000156. The predicted octanol–water partition coefficient (Wildman–Crippen LogP) is 30.4. The molecule has 146 heavy (non-hydrogen) atoms. The van der Waals surface area contributed by atoms with Gasteiger partial charge in [-0.2, -0.15) is 49.1 Å². The number of nitrogens with zero attached hydrogens (tertiary/aromatic N) is 10. The van der Waals surface area contributed by atoms with E-state index >= 15 is 17.6 Å². The molecule has 0 saturated heterocycles. The molecule has 0 fully saturated rings. The highest BCUT2D eigenvalue weighted by molar-refractivity contribution is 6.15. The van der Waals surface area contributed by atoms with Gasteiger partial charge in [0.1, 0.15) is 93.0 Å². The third-order valence-corrected chi connectivity index (χ3v) is 26.7. The van der Waals surface area contributed by atoms with Gasteiger partial charge in [-0.05, 0) is 252 Å². The third-order valence-electron chi connectivity index (χ3n) is 26.7. The summed E-state index contributed by atoms with van der Waals surface area (Å²) in [6.07, 6.45) is -4.29. The number of halogens is 5. The van der Waals surface area contributed by atoms with E-state index in [-0.39, 0.29) is 175 Å². The van der Waals surface area contributed by atoms with Crippen molar-refractivity contribution in [2.45, 2.75) is 197 Å². The average molecular weight is 1990 g/mol. The third kappa shape index (κ3) is 18.0.